The summed E-state index contributed by atoms with van der Waals surface area (Å²) in [5, 5.41) is 4.37. The fraction of sp³-hybridized carbons (Fsp3) is 0.417. The molecule has 2 rings (SSSR count). The van der Waals surface area contributed by atoms with Crippen molar-refractivity contribution in [3.8, 4) is 0 Å². The van der Waals surface area contributed by atoms with E-state index in [4.69, 9.17) is 5.84 Å². The molecule has 8 heteroatoms. The molecule has 1 aliphatic rings. The molecule has 108 valence electrons. The molecule has 7 nitrogen and oxygen atoms in total. The van der Waals surface area contributed by atoms with E-state index in [2.05, 4.69) is 10.7 Å². The van der Waals surface area contributed by atoms with Crippen LogP contribution in [0.3, 0.4) is 0 Å². The largest absolute Gasteiger partial charge is 0.326 e. The second-order valence-electron chi connectivity index (χ2n) is 4.46. The lowest BCUT2D eigenvalue weighted by Gasteiger charge is -2.13. The number of nitrogen functional groups attached to an aromatic ring is 1. The van der Waals surface area contributed by atoms with Crippen LogP contribution in [0.1, 0.15) is 35.0 Å². The van der Waals surface area contributed by atoms with E-state index in [-0.39, 0.29) is 12.5 Å². The van der Waals surface area contributed by atoms with Crippen molar-refractivity contribution in [2.75, 3.05) is 0 Å². The van der Waals surface area contributed by atoms with Crippen molar-refractivity contribution in [3.05, 3.63) is 21.9 Å². The van der Waals surface area contributed by atoms with Gasteiger partial charge in [0, 0.05) is 0 Å². The van der Waals surface area contributed by atoms with Gasteiger partial charge in [-0.1, -0.05) is 13.3 Å². The second kappa shape index (κ2) is 6.02. The van der Waals surface area contributed by atoms with Crippen LogP contribution in [0.5, 0.6) is 0 Å². The standard InChI is InChI=1S/C12H16N4O3S/c1-2-3-8-11(18)16(12(19)14-8)6-7-4-5-20-9(7)10(17)15-13/h4-5,8H,2-3,6,13H2,1H3,(H,14,19)(H,15,17). The van der Waals surface area contributed by atoms with Crippen LogP contribution in [0.15, 0.2) is 11.4 Å². The number of hydrogen-bond donors (Lipinski definition) is 3. The number of hydrogen-bond acceptors (Lipinski definition) is 5. The van der Waals surface area contributed by atoms with Crippen molar-refractivity contribution < 1.29 is 14.4 Å². The molecule has 4 amide bonds. The summed E-state index contributed by atoms with van der Waals surface area (Å²) in [5.74, 6) is 4.43. The predicted molar refractivity (Wildman–Crippen MR) is 73.8 cm³/mol. The van der Waals surface area contributed by atoms with Crippen molar-refractivity contribution in [2.24, 2.45) is 5.84 Å². The van der Waals surface area contributed by atoms with Crippen LogP contribution in [-0.2, 0) is 11.3 Å². The Hall–Kier alpha value is -1.93. The molecular formula is C12H16N4O3S. The van der Waals surface area contributed by atoms with Crippen molar-refractivity contribution in [1.29, 1.82) is 0 Å². The highest BCUT2D eigenvalue weighted by molar-refractivity contribution is 7.12. The number of carbonyl (C=O) groups is 3. The van der Waals surface area contributed by atoms with Crippen LogP contribution in [0.2, 0.25) is 0 Å². The van der Waals surface area contributed by atoms with Crippen molar-refractivity contribution in [2.45, 2.75) is 32.4 Å². The molecule has 0 spiro atoms. The van der Waals surface area contributed by atoms with E-state index in [9.17, 15) is 14.4 Å². The summed E-state index contributed by atoms with van der Waals surface area (Å²) >= 11 is 1.22. The third-order valence-corrected chi connectivity index (χ3v) is 4.05. The molecule has 2 heterocycles. The lowest BCUT2D eigenvalue weighted by Crippen LogP contribution is -2.33. The molecule has 1 aliphatic heterocycles. The molecule has 4 N–H and O–H groups in total. The highest BCUT2D eigenvalue weighted by Crippen LogP contribution is 2.21. The maximum Gasteiger partial charge on any atom is 0.325 e. The number of rotatable bonds is 5. The van der Waals surface area contributed by atoms with Crippen LogP contribution in [-0.4, -0.2) is 28.8 Å². The maximum absolute atomic E-state index is 12.1. The topological polar surface area (TPSA) is 105 Å². The molecule has 0 aliphatic carbocycles. The van der Waals surface area contributed by atoms with Crippen molar-refractivity contribution >= 4 is 29.2 Å². The Labute approximate surface area is 120 Å². The monoisotopic (exact) mass is 296 g/mol. The molecule has 1 aromatic heterocycles. The van der Waals surface area contributed by atoms with E-state index in [1.165, 1.54) is 11.3 Å². The first-order valence-corrected chi connectivity index (χ1v) is 7.15. The normalized spacial score (nSPS) is 18.3. The van der Waals surface area contributed by atoms with Gasteiger partial charge in [-0.05, 0) is 23.4 Å². The van der Waals surface area contributed by atoms with Gasteiger partial charge in [0.05, 0.1) is 11.4 Å². The van der Waals surface area contributed by atoms with Crippen LogP contribution >= 0.6 is 11.3 Å². The van der Waals surface area contributed by atoms with E-state index in [1.807, 2.05) is 6.92 Å². The van der Waals surface area contributed by atoms with E-state index in [1.54, 1.807) is 11.4 Å². The Balaban J connectivity index is 2.14. The molecular weight excluding hydrogens is 280 g/mol. The molecule has 0 aromatic carbocycles. The van der Waals surface area contributed by atoms with Gasteiger partial charge < -0.3 is 5.32 Å². The van der Waals surface area contributed by atoms with Gasteiger partial charge in [-0.3, -0.25) is 19.9 Å². The molecule has 1 unspecified atom stereocenters. The molecule has 20 heavy (non-hydrogen) atoms. The number of carbonyl (C=O) groups excluding carboxylic acids is 3. The molecule has 0 radical (unpaired) electrons. The van der Waals surface area contributed by atoms with Gasteiger partial charge in [-0.2, -0.15) is 0 Å². The summed E-state index contributed by atoms with van der Waals surface area (Å²) in [7, 11) is 0. The van der Waals surface area contributed by atoms with Crippen LogP contribution in [0.25, 0.3) is 0 Å². The summed E-state index contributed by atoms with van der Waals surface area (Å²) in [6.07, 6.45) is 1.42. The van der Waals surface area contributed by atoms with Crippen molar-refractivity contribution in [3.63, 3.8) is 0 Å². The predicted octanol–water partition coefficient (Wildman–Crippen LogP) is 0.572. The smallest absolute Gasteiger partial charge is 0.325 e. The van der Waals surface area contributed by atoms with Gasteiger partial charge in [0.15, 0.2) is 0 Å². The van der Waals surface area contributed by atoms with Gasteiger partial charge in [0.1, 0.15) is 6.04 Å². The minimum atomic E-state index is -0.460. The second-order valence-corrected chi connectivity index (χ2v) is 5.38. The number of nitrogens with one attached hydrogen (secondary N) is 2. The SMILES string of the molecule is CCCC1NC(=O)N(Cc2ccsc2C(=O)NN)C1=O. The zero-order chi connectivity index (χ0) is 14.7. The minimum absolute atomic E-state index is 0.0805. The maximum atomic E-state index is 12.1. The molecule has 1 aromatic rings. The zero-order valence-electron chi connectivity index (χ0n) is 11.0. The fourth-order valence-corrected chi connectivity index (χ4v) is 2.92. The molecule has 1 fully saturated rings. The number of nitrogens with two attached hydrogens (primary N) is 1. The van der Waals surface area contributed by atoms with E-state index in [0.717, 1.165) is 11.3 Å². The number of imide groups is 1. The first-order valence-electron chi connectivity index (χ1n) is 6.27. The van der Waals surface area contributed by atoms with Gasteiger partial charge in [-0.25, -0.2) is 10.6 Å². The quantitative estimate of drug-likeness (QED) is 0.320. The first-order chi connectivity index (χ1) is 9.58. The molecule has 0 bridgehead atoms. The number of nitrogens with zero attached hydrogens (tertiary/aromatic N) is 1. The highest BCUT2D eigenvalue weighted by atomic mass is 32.1. The molecule has 1 saturated heterocycles. The summed E-state index contributed by atoms with van der Waals surface area (Å²) in [6, 6.07) is 0.833. The average Bonchev–Trinajstić information content (AvgIpc) is 2.99. The highest BCUT2D eigenvalue weighted by Gasteiger charge is 2.37. The van der Waals surface area contributed by atoms with Crippen molar-refractivity contribution in [1.82, 2.24) is 15.6 Å². The zero-order valence-corrected chi connectivity index (χ0v) is 11.8. The summed E-state index contributed by atoms with van der Waals surface area (Å²) in [4.78, 5) is 37.0. The van der Waals surface area contributed by atoms with Crippen LogP contribution in [0.4, 0.5) is 4.79 Å². The number of amides is 4. The number of hydrazine groups is 1. The summed E-state index contributed by atoms with van der Waals surface area (Å²) in [5.41, 5.74) is 2.66. The Kier molecular flexibility index (Phi) is 4.35. The Morgan fingerprint density at radius 3 is 2.95 bits per heavy atom. The molecule has 0 saturated carbocycles. The van der Waals surface area contributed by atoms with E-state index >= 15 is 0 Å². The molecule has 1 atom stereocenters. The minimum Gasteiger partial charge on any atom is -0.326 e. The van der Waals surface area contributed by atoms with E-state index in [0.29, 0.717) is 16.9 Å². The first kappa shape index (κ1) is 14.5. The number of thiophene rings is 1. The third-order valence-electron chi connectivity index (χ3n) is 3.10. The van der Waals surface area contributed by atoms with Gasteiger partial charge in [0.25, 0.3) is 11.8 Å². The fourth-order valence-electron chi connectivity index (χ4n) is 2.11. The average molecular weight is 296 g/mol. The van der Waals surface area contributed by atoms with Crippen LogP contribution < -0.4 is 16.6 Å². The Morgan fingerprint density at radius 1 is 1.55 bits per heavy atom. The third kappa shape index (κ3) is 2.66. The van der Waals surface area contributed by atoms with Gasteiger partial charge in [-0.15, -0.1) is 11.3 Å². The Bertz CT molecular complexity index is 543. The van der Waals surface area contributed by atoms with E-state index < -0.39 is 18.0 Å². The number of urea groups is 1. The summed E-state index contributed by atoms with van der Waals surface area (Å²) < 4.78 is 0. The lowest BCUT2D eigenvalue weighted by molar-refractivity contribution is -0.128. The van der Waals surface area contributed by atoms with Gasteiger partial charge >= 0.3 is 6.03 Å². The summed E-state index contributed by atoms with van der Waals surface area (Å²) in [6.45, 7) is 2.03. The van der Waals surface area contributed by atoms with Gasteiger partial charge in [0.2, 0.25) is 0 Å². The Morgan fingerprint density at radius 2 is 2.30 bits per heavy atom. The van der Waals surface area contributed by atoms with Crippen LogP contribution in [0, 0.1) is 0 Å². The lowest BCUT2D eigenvalue weighted by atomic mass is 10.1.